The van der Waals surface area contributed by atoms with Crippen LogP contribution in [0, 0.1) is 36.5 Å². The zero-order valence-electron chi connectivity index (χ0n) is 36.3. The number of esters is 1. The summed E-state index contributed by atoms with van der Waals surface area (Å²) in [5.74, 6) is 0.237. The van der Waals surface area contributed by atoms with Gasteiger partial charge in [0, 0.05) is 60.8 Å². The van der Waals surface area contributed by atoms with Crippen LogP contribution in [-0.4, -0.2) is 102 Å². The van der Waals surface area contributed by atoms with Crippen LogP contribution in [0.4, 0.5) is 5.69 Å². The maximum atomic E-state index is 14.7. The minimum absolute atomic E-state index is 0.00187. The molecular weight excluding hydrogens is 799 g/mol. The third kappa shape index (κ3) is 7.83. The van der Waals surface area contributed by atoms with Crippen LogP contribution in [0.5, 0.6) is 11.5 Å². The van der Waals surface area contributed by atoms with Gasteiger partial charge in [0.25, 0.3) is 11.7 Å². The number of aromatic hydroxyl groups is 1. The Morgan fingerprint density at radius 3 is 2.50 bits per heavy atom. The average molecular weight is 850 g/mol. The fourth-order valence-corrected chi connectivity index (χ4v) is 8.36. The molecule has 3 N–H and O–H groups in total. The van der Waals surface area contributed by atoms with E-state index >= 15 is 0 Å². The third-order valence-electron chi connectivity index (χ3n) is 11.8. The van der Waals surface area contributed by atoms with Crippen molar-refractivity contribution in [3.8, 4) is 23.3 Å². The summed E-state index contributed by atoms with van der Waals surface area (Å²) < 4.78 is 36.8. The summed E-state index contributed by atoms with van der Waals surface area (Å²) in [6, 6.07) is 5.12. The SMILES string of the molecule is CO[C@H]1/C=C/O[C@@]2(C)Oc3c(C)c(=O)c4c(O)c(c5oc6cc(C#CCN(C)C)ccc6nc5c4c3C2=O)NC(=O)/C(C)=C\C=C\[C@H](C)[C@@H]2O[C@H]([C@H](O)[C@@H]2C)[C@H](OC(C)=O)[C@@H]1C. The lowest BCUT2D eigenvalue weighted by Crippen LogP contribution is -2.46. The zero-order valence-corrected chi connectivity index (χ0v) is 36.3. The monoisotopic (exact) mass is 849 g/mol. The molecule has 7 bridgehead atoms. The first-order valence-corrected chi connectivity index (χ1v) is 20.4. The number of hydrogen-bond acceptors (Lipinski definition) is 14. The lowest BCUT2D eigenvalue weighted by molar-refractivity contribution is -0.168. The highest BCUT2D eigenvalue weighted by atomic mass is 16.7. The van der Waals surface area contributed by atoms with E-state index in [1.54, 1.807) is 44.2 Å². The van der Waals surface area contributed by atoms with Crippen molar-refractivity contribution in [1.29, 1.82) is 0 Å². The second-order valence-electron chi connectivity index (χ2n) is 16.7. The summed E-state index contributed by atoms with van der Waals surface area (Å²) in [7, 11) is 5.26. The molecule has 0 unspecified atom stereocenters. The molecule has 1 saturated heterocycles. The van der Waals surface area contributed by atoms with Crippen LogP contribution in [0.3, 0.4) is 0 Å². The van der Waals surface area contributed by atoms with Crippen LogP contribution in [-0.2, 0) is 28.5 Å². The Morgan fingerprint density at radius 1 is 1.06 bits per heavy atom. The van der Waals surface area contributed by atoms with E-state index in [4.69, 9.17) is 33.1 Å². The van der Waals surface area contributed by atoms with Gasteiger partial charge in [-0.1, -0.05) is 50.8 Å². The van der Waals surface area contributed by atoms with Crippen LogP contribution in [0.2, 0.25) is 0 Å². The van der Waals surface area contributed by atoms with Crippen molar-refractivity contribution in [1.82, 2.24) is 9.88 Å². The highest BCUT2D eigenvalue weighted by Crippen LogP contribution is 2.48. The standard InChI is InChI=1S/C47H51N3O12/c1-22-13-11-14-23(2)46(56)49-36-39(54)33-32(35-43(36)60-31-21-28(15-12-19-50(8)9)16-17-29(31)48-35)34-41(25(4)37(33)52)62-47(7,45(34)55)58-20-18-30(57-10)24(3)42(59-27(6)51)44-38(53)26(5)40(22)61-44/h11,13-14,16-18,20-22,24,26,30,38,40,42,44,53-54H,19H2,1-10H3,(H,49,56)/b13-11+,20-18+,23-14-/t22-,24+,26-,30-,38+,40-,42+,44+,47-/m0/s1. The van der Waals surface area contributed by atoms with Gasteiger partial charge in [0.15, 0.2) is 22.3 Å². The van der Waals surface area contributed by atoms with Gasteiger partial charge in [-0.3, -0.25) is 24.1 Å². The number of allylic oxidation sites excluding steroid dienone is 2. The van der Waals surface area contributed by atoms with Crippen molar-refractivity contribution >= 4 is 56.3 Å². The van der Waals surface area contributed by atoms with Crippen LogP contribution in [0.15, 0.2) is 63.6 Å². The normalized spacial score (nSPS) is 29.6. The summed E-state index contributed by atoms with van der Waals surface area (Å²) in [5, 5.41) is 26.0. The average Bonchev–Trinajstić information content (AvgIpc) is 3.67. The summed E-state index contributed by atoms with van der Waals surface area (Å²) in [5.41, 5.74) is 0.325. The summed E-state index contributed by atoms with van der Waals surface area (Å²) in [4.78, 5) is 62.2. The molecule has 0 spiro atoms. The van der Waals surface area contributed by atoms with E-state index in [2.05, 4.69) is 17.2 Å². The molecule has 62 heavy (non-hydrogen) atoms. The molecule has 15 nitrogen and oxygen atoms in total. The first-order valence-electron chi connectivity index (χ1n) is 20.4. The molecule has 1 fully saturated rings. The number of anilines is 1. The molecule has 5 heterocycles. The number of amides is 1. The number of aromatic nitrogens is 1. The molecular formula is C47H51N3O12. The van der Waals surface area contributed by atoms with Gasteiger partial charge in [-0.2, -0.15) is 0 Å². The van der Waals surface area contributed by atoms with E-state index in [1.807, 2.05) is 38.9 Å². The van der Waals surface area contributed by atoms with Crippen molar-refractivity contribution in [3.05, 3.63) is 81.3 Å². The maximum absolute atomic E-state index is 14.7. The largest absolute Gasteiger partial charge is 0.505 e. The molecule has 4 aliphatic heterocycles. The molecule has 8 rings (SSSR count). The Kier molecular flexibility index (Phi) is 12.1. The number of nitrogens with zero attached hydrogens (tertiary/aromatic N) is 2. The second-order valence-corrected chi connectivity index (χ2v) is 16.7. The van der Waals surface area contributed by atoms with Gasteiger partial charge in [0.1, 0.15) is 34.7 Å². The number of hydrogen-bond donors (Lipinski definition) is 3. The minimum Gasteiger partial charge on any atom is -0.505 e. The predicted molar refractivity (Wildman–Crippen MR) is 231 cm³/mol. The lowest BCUT2D eigenvalue weighted by atomic mass is 9.86. The number of benzene rings is 3. The van der Waals surface area contributed by atoms with E-state index < -0.39 is 71.1 Å². The van der Waals surface area contributed by atoms with Gasteiger partial charge < -0.3 is 43.6 Å². The smallest absolute Gasteiger partial charge is 0.312 e. The molecule has 0 saturated carbocycles. The van der Waals surface area contributed by atoms with Crippen molar-refractivity contribution in [3.63, 3.8) is 0 Å². The number of ketones is 1. The molecule has 9 atom stereocenters. The van der Waals surface area contributed by atoms with Crippen molar-refractivity contribution in [2.24, 2.45) is 17.8 Å². The predicted octanol–water partition coefficient (Wildman–Crippen LogP) is 5.68. The number of nitrogens with one attached hydrogen (secondary N) is 1. The number of carbonyl (C=O) groups is 3. The van der Waals surface area contributed by atoms with E-state index in [-0.39, 0.29) is 67.4 Å². The molecule has 0 radical (unpaired) electrons. The van der Waals surface area contributed by atoms with Crippen molar-refractivity contribution < 1.29 is 52.7 Å². The first kappa shape index (κ1) is 44.0. The van der Waals surface area contributed by atoms with E-state index in [9.17, 15) is 29.4 Å². The Morgan fingerprint density at radius 2 is 1.81 bits per heavy atom. The number of rotatable bonds is 3. The van der Waals surface area contributed by atoms with E-state index in [0.717, 1.165) is 0 Å². The number of aliphatic hydroxyl groups excluding tert-OH is 1. The summed E-state index contributed by atoms with van der Waals surface area (Å²) in [6.45, 7) is 11.7. The number of Topliss-reactive ketones (excluding diaryl/α,β-unsaturated/α-hetero) is 1. The number of aliphatic hydroxyl groups is 1. The second kappa shape index (κ2) is 17.0. The molecule has 0 aliphatic carbocycles. The van der Waals surface area contributed by atoms with Crippen LogP contribution < -0.4 is 15.5 Å². The number of ether oxygens (including phenoxy) is 5. The quantitative estimate of drug-likeness (QED) is 0.0749. The fourth-order valence-electron chi connectivity index (χ4n) is 8.36. The molecule has 4 aromatic rings. The van der Waals surface area contributed by atoms with E-state index in [1.165, 1.54) is 40.2 Å². The Hall–Kier alpha value is -6.05. The Labute approximate surface area is 358 Å². The van der Waals surface area contributed by atoms with Gasteiger partial charge in [0.05, 0.1) is 42.1 Å². The molecule has 1 aromatic heterocycles. The van der Waals surface area contributed by atoms with Crippen molar-refractivity contribution in [2.75, 3.05) is 33.1 Å². The van der Waals surface area contributed by atoms with Crippen molar-refractivity contribution in [2.45, 2.75) is 84.8 Å². The van der Waals surface area contributed by atoms with Crippen LogP contribution in [0.1, 0.15) is 63.0 Å². The fraction of sp³-hybridized carbons (Fsp3) is 0.426. The Balaban J connectivity index is 1.45. The van der Waals surface area contributed by atoms with Gasteiger partial charge in [-0.05, 0) is 52.2 Å². The molecule has 3 aromatic carbocycles. The number of carbonyl (C=O) groups excluding carboxylic acids is 3. The number of phenols is 1. The molecule has 4 aliphatic rings. The highest BCUT2D eigenvalue weighted by molar-refractivity contribution is 6.26. The van der Waals surface area contributed by atoms with Gasteiger partial charge >= 0.3 is 11.8 Å². The van der Waals surface area contributed by atoms with Crippen LogP contribution in [0.25, 0.3) is 33.0 Å². The van der Waals surface area contributed by atoms with E-state index in [0.29, 0.717) is 17.6 Å². The number of phenolic OH excluding ortho intramolecular Hbond substituents is 1. The number of methoxy groups -OCH3 is 1. The maximum Gasteiger partial charge on any atom is 0.312 e. The van der Waals surface area contributed by atoms with Crippen LogP contribution >= 0.6 is 0 Å². The lowest BCUT2D eigenvalue weighted by Gasteiger charge is -2.33. The molecule has 326 valence electrons. The van der Waals surface area contributed by atoms with Gasteiger partial charge in [-0.15, -0.1) is 0 Å². The van der Waals surface area contributed by atoms with Gasteiger partial charge in [0.2, 0.25) is 0 Å². The molecule has 1 amide bonds. The summed E-state index contributed by atoms with van der Waals surface area (Å²) >= 11 is 0. The number of fused-ring (bicyclic) bond motifs is 9. The third-order valence-corrected chi connectivity index (χ3v) is 11.8. The molecule has 15 heteroatoms. The summed E-state index contributed by atoms with van der Waals surface area (Å²) in [6.07, 6.45) is 3.63. The topological polar surface area (TPSA) is 196 Å². The highest BCUT2D eigenvalue weighted by Gasteiger charge is 2.51. The minimum atomic E-state index is -2.03. The Bertz CT molecular complexity index is 2720. The van der Waals surface area contributed by atoms with Gasteiger partial charge in [-0.25, -0.2) is 4.98 Å². The zero-order chi connectivity index (χ0) is 44.9. The first-order chi connectivity index (χ1) is 29.4.